The van der Waals surface area contributed by atoms with Crippen molar-refractivity contribution in [1.29, 1.82) is 0 Å². The summed E-state index contributed by atoms with van der Waals surface area (Å²) in [5, 5.41) is 0. The molecule has 0 heterocycles. The van der Waals surface area contributed by atoms with Crippen molar-refractivity contribution in [3.8, 4) is 0 Å². The summed E-state index contributed by atoms with van der Waals surface area (Å²) in [5.41, 5.74) is 0. The second-order valence-electron chi connectivity index (χ2n) is 2.10. The van der Waals surface area contributed by atoms with Crippen LogP contribution in [0.1, 0.15) is 19.3 Å². The van der Waals surface area contributed by atoms with Gasteiger partial charge in [-0.15, -0.1) is 6.58 Å². The molecule has 0 aromatic carbocycles. The van der Waals surface area contributed by atoms with E-state index in [0.29, 0.717) is 0 Å². The van der Waals surface area contributed by atoms with Gasteiger partial charge in [-0.1, -0.05) is 6.08 Å². The summed E-state index contributed by atoms with van der Waals surface area (Å²) in [6.45, 7) is 3.72. The molecule has 0 bridgehead atoms. The molecule has 0 aromatic heterocycles. The molecule has 0 spiro atoms. The van der Waals surface area contributed by atoms with Gasteiger partial charge in [0.1, 0.15) is 0 Å². The highest BCUT2D eigenvalue weighted by Crippen LogP contribution is 2.23. The molecule has 1 unspecified atom stereocenters. The average molecular weight is 95.2 g/mol. The zero-order valence-corrected chi connectivity index (χ0v) is 4.56. The first-order valence-corrected chi connectivity index (χ1v) is 2.87. The smallest absolute Gasteiger partial charge is 0.0939 e. The van der Waals surface area contributed by atoms with Gasteiger partial charge in [-0.25, -0.2) is 0 Å². The Balaban J connectivity index is 2.26. The Kier molecular flexibility index (Phi) is 1.40. The van der Waals surface area contributed by atoms with Crippen molar-refractivity contribution >= 4 is 0 Å². The maximum Gasteiger partial charge on any atom is 0.0939 e. The van der Waals surface area contributed by atoms with E-state index in [4.69, 9.17) is 0 Å². The summed E-state index contributed by atoms with van der Waals surface area (Å²) in [6, 6.07) is 0. The summed E-state index contributed by atoms with van der Waals surface area (Å²) >= 11 is 0. The van der Waals surface area contributed by atoms with Gasteiger partial charge in [-0.3, -0.25) is 0 Å². The fourth-order valence-corrected chi connectivity index (χ4v) is 0.996. The Hall–Kier alpha value is -0.390. The molecule has 0 aromatic rings. The summed E-state index contributed by atoms with van der Waals surface area (Å²) in [7, 11) is 0. The third kappa shape index (κ3) is 0.986. The van der Waals surface area contributed by atoms with Gasteiger partial charge in [-0.2, -0.15) is 0 Å². The summed E-state index contributed by atoms with van der Waals surface area (Å²) in [4.78, 5) is 0. The van der Waals surface area contributed by atoms with Crippen LogP contribution in [0.5, 0.6) is 0 Å². The molecule has 7 heavy (non-hydrogen) atoms. The van der Waals surface area contributed by atoms with E-state index >= 15 is 0 Å². The van der Waals surface area contributed by atoms with E-state index in [9.17, 15) is 0 Å². The highest BCUT2D eigenvalue weighted by atomic mass is 14.1. The Bertz CT molecular complexity index is 58.4. The minimum Gasteiger partial charge on any atom is -0.103 e. The second-order valence-corrected chi connectivity index (χ2v) is 2.10. The van der Waals surface area contributed by atoms with Crippen LogP contribution in [-0.2, 0) is 0 Å². The third-order valence-electron chi connectivity index (χ3n) is 1.54. The topological polar surface area (TPSA) is 0 Å². The van der Waals surface area contributed by atoms with Gasteiger partial charge in [0.05, 0.1) is 19.3 Å². The molecule has 1 fully saturated rings. The molecule has 0 nitrogen and oxygen atoms in total. The zero-order chi connectivity index (χ0) is 5.11. The maximum absolute atomic E-state index is 3.72. The van der Waals surface area contributed by atoms with E-state index in [1.54, 1.807) is 0 Å². The lowest BCUT2D eigenvalue weighted by Gasteiger charge is -1.89. The van der Waals surface area contributed by atoms with Gasteiger partial charge in [-0.05, 0) is 6.42 Å². The van der Waals surface area contributed by atoms with Crippen LogP contribution in [0.15, 0.2) is 12.7 Å². The molecule has 1 rings (SSSR count). The molecule has 38 valence electrons. The van der Waals surface area contributed by atoms with Crippen LogP contribution in [0.4, 0.5) is 0 Å². The van der Waals surface area contributed by atoms with E-state index in [1.165, 1.54) is 19.3 Å². The Morgan fingerprint density at radius 3 is 2.86 bits per heavy atom. The van der Waals surface area contributed by atoms with E-state index in [-0.39, 0.29) is 0 Å². The third-order valence-corrected chi connectivity index (χ3v) is 1.54. The molecular formula is C7H11+. The molecule has 1 atom stereocenters. The van der Waals surface area contributed by atoms with Gasteiger partial charge >= 0.3 is 0 Å². The Morgan fingerprint density at radius 1 is 1.71 bits per heavy atom. The van der Waals surface area contributed by atoms with Gasteiger partial charge in [0.2, 0.25) is 0 Å². The van der Waals surface area contributed by atoms with Crippen LogP contribution >= 0.6 is 0 Å². The van der Waals surface area contributed by atoms with Crippen molar-refractivity contribution < 1.29 is 0 Å². The highest BCUT2D eigenvalue weighted by molar-refractivity contribution is 4.90. The van der Waals surface area contributed by atoms with Gasteiger partial charge in [0.15, 0.2) is 0 Å². The van der Waals surface area contributed by atoms with Crippen LogP contribution in [0.2, 0.25) is 0 Å². The van der Waals surface area contributed by atoms with Crippen LogP contribution in [0.3, 0.4) is 0 Å². The first kappa shape index (κ1) is 4.76. The summed E-state index contributed by atoms with van der Waals surface area (Å²) < 4.78 is 0. The molecule has 0 radical (unpaired) electrons. The molecule has 0 heteroatoms. The normalized spacial score (nSPS) is 29.4. The predicted molar refractivity (Wildman–Crippen MR) is 31.8 cm³/mol. The minimum atomic E-state index is 0.806. The van der Waals surface area contributed by atoms with Crippen LogP contribution in [0.25, 0.3) is 0 Å². The SMILES string of the molecule is C=CC1C[CH+]CC1. The number of rotatable bonds is 1. The van der Waals surface area contributed by atoms with E-state index in [0.717, 1.165) is 5.92 Å². The van der Waals surface area contributed by atoms with Crippen molar-refractivity contribution in [3.05, 3.63) is 19.1 Å². The Morgan fingerprint density at radius 2 is 2.57 bits per heavy atom. The van der Waals surface area contributed by atoms with Gasteiger partial charge in [0.25, 0.3) is 0 Å². The van der Waals surface area contributed by atoms with Crippen molar-refractivity contribution in [3.63, 3.8) is 0 Å². The quantitative estimate of drug-likeness (QED) is 0.346. The standard InChI is InChI=1S/C7H11/c1-2-7-5-3-4-6-7/h2-3,7H,1,4-6H2/q+1. The van der Waals surface area contributed by atoms with Crippen LogP contribution in [0, 0.1) is 12.3 Å². The first-order valence-electron chi connectivity index (χ1n) is 2.87. The molecule has 0 aliphatic heterocycles. The molecule has 0 saturated heterocycles. The molecule has 0 amide bonds. The molecule has 1 aliphatic rings. The predicted octanol–water partition coefficient (Wildman–Crippen LogP) is 2.18. The number of hydrogen-bond acceptors (Lipinski definition) is 0. The second kappa shape index (κ2) is 2.06. The number of hydrogen-bond donors (Lipinski definition) is 0. The molecule has 1 aliphatic carbocycles. The van der Waals surface area contributed by atoms with Crippen molar-refractivity contribution in [1.82, 2.24) is 0 Å². The number of allylic oxidation sites excluding steroid dienone is 1. The molecule has 0 N–H and O–H groups in total. The van der Waals surface area contributed by atoms with Gasteiger partial charge < -0.3 is 0 Å². The van der Waals surface area contributed by atoms with E-state index in [1.807, 2.05) is 0 Å². The highest BCUT2D eigenvalue weighted by Gasteiger charge is 2.17. The summed E-state index contributed by atoms with van der Waals surface area (Å²) in [6.07, 6.45) is 8.31. The monoisotopic (exact) mass is 95.1 g/mol. The lowest BCUT2D eigenvalue weighted by Crippen LogP contribution is -1.82. The maximum atomic E-state index is 3.72. The molecule has 1 saturated carbocycles. The zero-order valence-electron chi connectivity index (χ0n) is 4.56. The minimum absolute atomic E-state index is 0.806. The fraction of sp³-hybridized carbons (Fsp3) is 0.571. The van der Waals surface area contributed by atoms with E-state index in [2.05, 4.69) is 19.1 Å². The lowest BCUT2D eigenvalue weighted by molar-refractivity contribution is 0.695. The largest absolute Gasteiger partial charge is 0.103 e. The van der Waals surface area contributed by atoms with Crippen molar-refractivity contribution in [2.24, 2.45) is 5.92 Å². The van der Waals surface area contributed by atoms with E-state index < -0.39 is 0 Å². The van der Waals surface area contributed by atoms with Crippen LogP contribution < -0.4 is 0 Å². The van der Waals surface area contributed by atoms with Gasteiger partial charge in [0, 0.05) is 5.92 Å². The summed E-state index contributed by atoms with van der Waals surface area (Å²) in [5.74, 6) is 0.806. The fourth-order valence-electron chi connectivity index (χ4n) is 0.996. The first-order chi connectivity index (χ1) is 3.43. The van der Waals surface area contributed by atoms with Crippen LogP contribution in [-0.4, -0.2) is 0 Å². The lowest BCUT2D eigenvalue weighted by atomic mass is 10.1. The molecular weight excluding hydrogens is 84.1 g/mol. The average Bonchev–Trinajstić information content (AvgIpc) is 2.14. The van der Waals surface area contributed by atoms with Crippen molar-refractivity contribution in [2.75, 3.05) is 0 Å². The van der Waals surface area contributed by atoms with Crippen molar-refractivity contribution in [2.45, 2.75) is 19.3 Å². The Labute approximate surface area is 45.2 Å².